The van der Waals surface area contributed by atoms with Gasteiger partial charge in [-0.1, -0.05) is 6.07 Å². The molecule has 0 aliphatic carbocycles. The second kappa shape index (κ2) is 9.91. The van der Waals surface area contributed by atoms with E-state index in [-0.39, 0.29) is 5.91 Å². The zero-order valence-corrected chi connectivity index (χ0v) is 18.1. The molecule has 1 aliphatic heterocycles. The number of pyridine rings is 1. The number of piperazine rings is 1. The first-order valence-electron chi connectivity index (χ1n) is 10.4. The summed E-state index contributed by atoms with van der Waals surface area (Å²) in [5.41, 5.74) is 2.67. The molecule has 32 heavy (non-hydrogen) atoms. The van der Waals surface area contributed by atoms with E-state index in [0.717, 1.165) is 22.6 Å². The van der Waals surface area contributed by atoms with E-state index in [2.05, 4.69) is 20.1 Å². The molecule has 1 amide bonds. The van der Waals surface area contributed by atoms with E-state index in [1.807, 2.05) is 47.4 Å². The van der Waals surface area contributed by atoms with Gasteiger partial charge in [0.1, 0.15) is 0 Å². The molecule has 3 heterocycles. The minimum absolute atomic E-state index is 0.0152. The summed E-state index contributed by atoms with van der Waals surface area (Å²) in [6.45, 7) is 2.67. The molecule has 0 spiro atoms. The van der Waals surface area contributed by atoms with Gasteiger partial charge in [0.05, 0.1) is 19.9 Å². The third-order valence-corrected chi connectivity index (χ3v) is 5.37. The number of benzene rings is 1. The highest BCUT2D eigenvalue weighted by Gasteiger charge is 2.21. The fourth-order valence-electron chi connectivity index (χ4n) is 3.56. The van der Waals surface area contributed by atoms with Crippen LogP contribution in [0.25, 0.3) is 17.3 Å². The lowest BCUT2D eigenvalue weighted by Crippen LogP contribution is -2.48. The monoisotopic (exact) mass is 431 g/mol. The standard InChI is InChI=1S/C24H25N5O3/c1-31-21-6-3-18(17-22(21)32-2)4-8-24(30)29-15-13-28(14-16-29)23-7-5-20(26-27-23)19-9-11-25-12-10-19/h3-12,17H,13-16H2,1-2H3/b8-4+. The Morgan fingerprint density at radius 2 is 1.66 bits per heavy atom. The predicted octanol–water partition coefficient (Wildman–Crippen LogP) is 2.92. The number of hydrogen-bond donors (Lipinski definition) is 0. The molecule has 164 valence electrons. The number of hydrogen-bond acceptors (Lipinski definition) is 7. The Hall–Kier alpha value is -3.94. The number of anilines is 1. The number of rotatable bonds is 6. The van der Waals surface area contributed by atoms with Crippen molar-refractivity contribution >= 4 is 17.8 Å². The zero-order valence-electron chi connectivity index (χ0n) is 18.1. The Morgan fingerprint density at radius 3 is 2.31 bits per heavy atom. The van der Waals surface area contributed by atoms with Crippen LogP contribution < -0.4 is 14.4 Å². The van der Waals surface area contributed by atoms with Gasteiger partial charge in [0.25, 0.3) is 0 Å². The molecule has 0 bridgehead atoms. The van der Waals surface area contributed by atoms with E-state index in [9.17, 15) is 4.79 Å². The molecule has 0 unspecified atom stereocenters. The van der Waals surface area contributed by atoms with Crippen LogP contribution in [0.4, 0.5) is 5.82 Å². The molecule has 0 N–H and O–H groups in total. The van der Waals surface area contributed by atoms with E-state index in [1.54, 1.807) is 38.8 Å². The lowest BCUT2D eigenvalue weighted by Gasteiger charge is -2.34. The molecular formula is C24H25N5O3. The molecule has 1 aliphatic rings. The average Bonchev–Trinajstić information content (AvgIpc) is 2.87. The van der Waals surface area contributed by atoms with Gasteiger partial charge in [-0.25, -0.2) is 0 Å². The van der Waals surface area contributed by atoms with Crippen LogP contribution >= 0.6 is 0 Å². The lowest BCUT2D eigenvalue weighted by molar-refractivity contribution is -0.126. The van der Waals surface area contributed by atoms with Crippen LogP contribution in [0.3, 0.4) is 0 Å². The minimum atomic E-state index is -0.0152. The third kappa shape index (κ3) is 4.85. The number of methoxy groups -OCH3 is 2. The summed E-state index contributed by atoms with van der Waals surface area (Å²) >= 11 is 0. The smallest absolute Gasteiger partial charge is 0.246 e. The molecular weight excluding hydrogens is 406 g/mol. The molecule has 1 fully saturated rings. The van der Waals surface area contributed by atoms with Crippen molar-refractivity contribution in [2.24, 2.45) is 0 Å². The fraction of sp³-hybridized carbons (Fsp3) is 0.250. The van der Waals surface area contributed by atoms with Crippen LogP contribution in [0.5, 0.6) is 11.5 Å². The van der Waals surface area contributed by atoms with Crippen molar-refractivity contribution in [2.75, 3.05) is 45.3 Å². The van der Waals surface area contributed by atoms with Crippen molar-refractivity contribution in [2.45, 2.75) is 0 Å². The quantitative estimate of drug-likeness (QED) is 0.555. The lowest BCUT2D eigenvalue weighted by atomic mass is 10.2. The van der Waals surface area contributed by atoms with Gasteiger partial charge in [-0.3, -0.25) is 9.78 Å². The Kier molecular flexibility index (Phi) is 6.60. The Morgan fingerprint density at radius 1 is 0.906 bits per heavy atom. The number of aromatic nitrogens is 3. The van der Waals surface area contributed by atoms with Gasteiger partial charge in [-0.2, -0.15) is 0 Å². The summed E-state index contributed by atoms with van der Waals surface area (Å²) in [5.74, 6) is 2.09. The summed E-state index contributed by atoms with van der Waals surface area (Å²) in [4.78, 5) is 20.6. The van der Waals surface area contributed by atoms with Gasteiger partial charge < -0.3 is 19.3 Å². The molecule has 0 radical (unpaired) electrons. The van der Waals surface area contributed by atoms with Gasteiger partial charge >= 0.3 is 0 Å². The van der Waals surface area contributed by atoms with Gasteiger partial charge in [0.2, 0.25) is 5.91 Å². The van der Waals surface area contributed by atoms with Crippen LogP contribution in [-0.2, 0) is 4.79 Å². The highest BCUT2D eigenvalue weighted by molar-refractivity contribution is 5.92. The maximum atomic E-state index is 12.6. The predicted molar refractivity (Wildman–Crippen MR) is 123 cm³/mol. The van der Waals surface area contributed by atoms with Crippen LogP contribution in [-0.4, -0.2) is 66.4 Å². The summed E-state index contributed by atoms with van der Waals surface area (Å²) in [7, 11) is 3.19. The summed E-state index contributed by atoms with van der Waals surface area (Å²) in [6, 6.07) is 13.3. The molecule has 1 saturated heterocycles. The van der Waals surface area contributed by atoms with Crippen LogP contribution in [0.1, 0.15) is 5.56 Å². The highest BCUT2D eigenvalue weighted by atomic mass is 16.5. The zero-order chi connectivity index (χ0) is 22.3. The van der Waals surface area contributed by atoms with Crippen molar-refractivity contribution in [3.8, 4) is 22.8 Å². The van der Waals surface area contributed by atoms with Gasteiger partial charge in [-0.15, -0.1) is 10.2 Å². The van der Waals surface area contributed by atoms with Crippen LogP contribution in [0.15, 0.2) is 60.9 Å². The number of nitrogens with zero attached hydrogens (tertiary/aromatic N) is 5. The molecule has 4 rings (SSSR count). The first-order chi connectivity index (χ1) is 15.7. The van der Waals surface area contributed by atoms with Crippen LogP contribution in [0.2, 0.25) is 0 Å². The van der Waals surface area contributed by atoms with Crippen molar-refractivity contribution in [1.29, 1.82) is 0 Å². The van der Waals surface area contributed by atoms with Crippen molar-refractivity contribution in [1.82, 2.24) is 20.1 Å². The van der Waals surface area contributed by atoms with E-state index in [1.165, 1.54) is 0 Å². The Balaban J connectivity index is 1.33. The van der Waals surface area contributed by atoms with Gasteiger partial charge in [0, 0.05) is 50.2 Å². The topological polar surface area (TPSA) is 80.7 Å². The van der Waals surface area contributed by atoms with E-state index < -0.39 is 0 Å². The van der Waals surface area contributed by atoms with Crippen molar-refractivity contribution in [3.63, 3.8) is 0 Å². The fourth-order valence-corrected chi connectivity index (χ4v) is 3.56. The van der Waals surface area contributed by atoms with Gasteiger partial charge in [0.15, 0.2) is 17.3 Å². The van der Waals surface area contributed by atoms with Gasteiger partial charge in [-0.05, 0) is 48.0 Å². The molecule has 8 nitrogen and oxygen atoms in total. The summed E-state index contributed by atoms with van der Waals surface area (Å²) < 4.78 is 10.6. The number of carbonyl (C=O) groups excluding carboxylic acids is 1. The first-order valence-corrected chi connectivity index (χ1v) is 10.4. The van der Waals surface area contributed by atoms with E-state index >= 15 is 0 Å². The molecule has 0 atom stereocenters. The SMILES string of the molecule is COc1ccc(/C=C/C(=O)N2CCN(c3ccc(-c4ccncc4)nn3)CC2)cc1OC. The van der Waals surface area contributed by atoms with E-state index in [0.29, 0.717) is 37.7 Å². The maximum Gasteiger partial charge on any atom is 0.246 e. The Bertz CT molecular complexity index is 1080. The normalized spacial score (nSPS) is 13.9. The molecule has 3 aromatic rings. The van der Waals surface area contributed by atoms with Crippen LogP contribution in [0, 0.1) is 0 Å². The second-order valence-electron chi connectivity index (χ2n) is 7.27. The summed E-state index contributed by atoms with van der Waals surface area (Å²) in [5, 5.41) is 8.71. The molecule has 0 saturated carbocycles. The minimum Gasteiger partial charge on any atom is -0.493 e. The second-order valence-corrected chi connectivity index (χ2v) is 7.27. The number of amides is 1. The first kappa shape index (κ1) is 21.3. The maximum absolute atomic E-state index is 12.6. The average molecular weight is 431 g/mol. The van der Waals surface area contributed by atoms with Crippen molar-refractivity contribution in [3.05, 3.63) is 66.5 Å². The number of ether oxygens (including phenoxy) is 2. The molecule has 1 aromatic carbocycles. The van der Waals surface area contributed by atoms with Crippen molar-refractivity contribution < 1.29 is 14.3 Å². The van der Waals surface area contributed by atoms with E-state index in [4.69, 9.17) is 9.47 Å². The Labute approximate surface area is 187 Å². The molecule has 2 aromatic heterocycles. The number of carbonyl (C=O) groups is 1. The third-order valence-electron chi connectivity index (χ3n) is 5.37. The summed E-state index contributed by atoms with van der Waals surface area (Å²) in [6.07, 6.45) is 6.86. The largest absolute Gasteiger partial charge is 0.493 e. The molecule has 8 heteroatoms. The highest BCUT2D eigenvalue weighted by Crippen LogP contribution is 2.28.